The molecule has 0 spiro atoms. The molecule has 0 radical (unpaired) electrons. The molecule has 1 aliphatic heterocycles. The van der Waals surface area contributed by atoms with Crippen molar-refractivity contribution >= 4 is 47.7 Å². The lowest BCUT2D eigenvalue weighted by Gasteiger charge is -2.36. The Morgan fingerprint density at radius 1 is 0.797 bits per heavy atom. The molecule has 0 aromatic heterocycles. The van der Waals surface area contributed by atoms with Crippen LogP contribution in [-0.2, 0) is 52.8 Å². The maximum Gasteiger partial charge on any atom is 0.329 e. The van der Waals surface area contributed by atoms with E-state index in [2.05, 4.69) is 29.0 Å². The van der Waals surface area contributed by atoms with Gasteiger partial charge in [0.1, 0.15) is 36.5 Å². The van der Waals surface area contributed by atoms with Crippen LogP contribution in [0.4, 0.5) is 0 Å². The van der Waals surface area contributed by atoms with Crippen molar-refractivity contribution in [2.75, 3.05) is 34.4 Å². The summed E-state index contributed by atoms with van der Waals surface area (Å²) in [6, 6.07) is 22.2. The fourth-order valence-electron chi connectivity index (χ4n) is 7.10. The van der Waals surface area contributed by atoms with E-state index in [1.807, 2.05) is 30.3 Å². The Morgan fingerprint density at radius 3 is 2.09 bits per heavy atom. The third-order valence-corrected chi connectivity index (χ3v) is 10.8. The number of allylic oxidation sites excluding steroid dienone is 1. The maximum atomic E-state index is 14.9. The molecule has 4 atom stereocenters. The number of hydrogen-bond donors (Lipinski definition) is 5. The molecule has 5 amide bonds. The average Bonchev–Trinajstić information content (AvgIpc) is 3.29. The number of piperazine rings is 1. The van der Waals surface area contributed by atoms with Crippen LogP contribution in [0.3, 0.4) is 0 Å². The number of carbonyl (C=O) groups is 6. The van der Waals surface area contributed by atoms with Gasteiger partial charge in [-0.05, 0) is 64.6 Å². The van der Waals surface area contributed by atoms with Crippen LogP contribution in [0.2, 0.25) is 0 Å². The molecule has 1 heterocycles. The van der Waals surface area contributed by atoms with Crippen LogP contribution in [0.5, 0.6) is 17.2 Å². The van der Waals surface area contributed by atoms with Crippen molar-refractivity contribution in [1.82, 2.24) is 25.8 Å². The zero-order valence-electron chi connectivity index (χ0n) is 36.4. The van der Waals surface area contributed by atoms with Gasteiger partial charge in [0.2, 0.25) is 29.5 Å². The number of amides is 5. The van der Waals surface area contributed by atoms with Crippen LogP contribution in [0.15, 0.2) is 109 Å². The molecule has 4 aromatic rings. The average molecular weight is 874 g/mol. The highest BCUT2D eigenvalue weighted by Crippen LogP contribution is 2.28. The van der Waals surface area contributed by atoms with Crippen molar-refractivity contribution in [3.8, 4) is 17.2 Å². The Morgan fingerprint density at radius 2 is 1.42 bits per heavy atom. The van der Waals surface area contributed by atoms with Gasteiger partial charge in [-0.2, -0.15) is 0 Å². The lowest BCUT2D eigenvalue weighted by atomic mass is 9.98. The molecule has 0 bridgehead atoms. The van der Waals surface area contributed by atoms with Crippen molar-refractivity contribution in [3.63, 3.8) is 0 Å². The molecule has 336 valence electrons. The number of likely N-dealkylation sites (N-methyl/N-ethyl adjacent to an activating group) is 2. The number of methoxy groups -OCH3 is 1. The summed E-state index contributed by atoms with van der Waals surface area (Å²) in [5.41, 5.74) is 3.43. The van der Waals surface area contributed by atoms with E-state index >= 15 is 0 Å². The molecule has 64 heavy (non-hydrogen) atoms. The molecule has 0 unspecified atom stereocenters. The maximum absolute atomic E-state index is 14.9. The van der Waals surface area contributed by atoms with Crippen LogP contribution in [0, 0.1) is 0 Å². The van der Waals surface area contributed by atoms with Gasteiger partial charge >= 0.3 is 5.97 Å². The number of unbranched alkanes of at least 4 members (excludes halogenated alkanes) is 1. The van der Waals surface area contributed by atoms with Gasteiger partial charge in [0.25, 0.3) is 0 Å². The minimum absolute atomic E-state index is 0.00847. The monoisotopic (exact) mass is 873 g/mol. The number of phenols is 2. The number of phenolic OH excluding ortho intramolecular Hbond substituents is 2. The van der Waals surface area contributed by atoms with E-state index in [1.54, 1.807) is 54.6 Å². The first-order chi connectivity index (χ1) is 30.8. The van der Waals surface area contributed by atoms with Crippen molar-refractivity contribution in [3.05, 3.63) is 137 Å². The van der Waals surface area contributed by atoms with Crippen LogP contribution in [-0.4, -0.2) is 114 Å². The van der Waals surface area contributed by atoms with Crippen LogP contribution in [0.1, 0.15) is 47.6 Å². The number of benzene rings is 4. The van der Waals surface area contributed by atoms with Gasteiger partial charge < -0.3 is 45.4 Å². The van der Waals surface area contributed by atoms with Gasteiger partial charge in [0.15, 0.2) is 11.5 Å². The summed E-state index contributed by atoms with van der Waals surface area (Å²) in [6.07, 6.45) is 8.74. The Hall–Kier alpha value is -7.42. The minimum atomic E-state index is -1.32. The van der Waals surface area contributed by atoms with E-state index in [0.29, 0.717) is 16.7 Å². The normalized spacial score (nSPS) is 15.1. The lowest BCUT2D eigenvalue weighted by Crippen LogP contribution is -2.59. The molecule has 5 N–H and O–H groups in total. The van der Waals surface area contributed by atoms with Crippen molar-refractivity contribution in [2.24, 2.45) is 0 Å². The molecule has 1 saturated heterocycles. The predicted molar refractivity (Wildman–Crippen MR) is 241 cm³/mol. The minimum Gasteiger partial charge on any atom is -0.508 e. The van der Waals surface area contributed by atoms with Crippen LogP contribution in [0.25, 0.3) is 12.2 Å². The fraction of sp³-hybridized carbons (Fsp3) is 0.306. The number of hydrogen-bond acceptors (Lipinski definition) is 10. The number of ether oxygens (including phenoxy) is 2. The third-order valence-electron chi connectivity index (χ3n) is 10.8. The van der Waals surface area contributed by atoms with E-state index in [9.17, 15) is 39.0 Å². The first-order valence-corrected chi connectivity index (χ1v) is 21.0. The molecule has 0 aliphatic carbocycles. The summed E-state index contributed by atoms with van der Waals surface area (Å²) >= 11 is 0. The summed E-state index contributed by atoms with van der Waals surface area (Å²) in [5, 5.41) is 28.4. The highest BCUT2D eigenvalue weighted by molar-refractivity contribution is 5.98. The summed E-state index contributed by atoms with van der Waals surface area (Å²) < 4.78 is 10.8. The topological polar surface area (TPSA) is 204 Å². The highest BCUT2D eigenvalue weighted by atomic mass is 16.5. The van der Waals surface area contributed by atoms with E-state index < -0.39 is 66.3 Å². The second kappa shape index (κ2) is 23.1. The number of carbonyl (C=O) groups excluding carboxylic acids is 6. The van der Waals surface area contributed by atoms with Crippen LogP contribution < -0.4 is 20.7 Å². The molecule has 0 saturated carbocycles. The van der Waals surface area contributed by atoms with Crippen molar-refractivity contribution < 1.29 is 48.5 Å². The largest absolute Gasteiger partial charge is 0.508 e. The van der Waals surface area contributed by atoms with Crippen molar-refractivity contribution in [2.45, 2.75) is 63.2 Å². The zero-order chi connectivity index (χ0) is 46.2. The quantitative estimate of drug-likeness (QED) is 0.0639. The van der Waals surface area contributed by atoms with Gasteiger partial charge in [-0.3, -0.25) is 24.0 Å². The van der Waals surface area contributed by atoms with E-state index in [-0.39, 0.29) is 43.1 Å². The number of esters is 1. The summed E-state index contributed by atoms with van der Waals surface area (Å²) in [5.74, 6) is -3.78. The van der Waals surface area contributed by atoms with Gasteiger partial charge in [-0.15, -0.1) is 0 Å². The number of aromatic hydroxyl groups is 2. The van der Waals surface area contributed by atoms with E-state index in [1.165, 1.54) is 61.3 Å². The number of nitrogens with one attached hydrogen (secondary N) is 3. The van der Waals surface area contributed by atoms with Crippen molar-refractivity contribution in [1.29, 1.82) is 0 Å². The SMILES string of the molecule is CCC/C=C\c1ccccc1/C=C/C(=O)N[C@H](Cc1ccc(O)cc1)C(=O)N(C)[C@@H](Cc1ccc(OC)c(O)c1)C(=O)N(C)[C@@H](Cc1ccccc1)C(=O)OC[C@H]1NC(=O)CNC1=O. The van der Waals surface area contributed by atoms with Gasteiger partial charge in [-0.25, -0.2) is 4.79 Å². The molecule has 1 aliphatic rings. The Balaban J connectivity index is 1.48. The number of rotatable bonds is 20. The summed E-state index contributed by atoms with van der Waals surface area (Å²) in [4.78, 5) is 84.2. The first-order valence-electron chi connectivity index (χ1n) is 21.0. The molecule has 5 rings (SSSR count). The molecule has 4 aromatic carbocycles. The zero-order valence-corrected chi connectivity index (χ0v) is 36.4. The number of nitrogens with zero attached hydrogens (tertiary/aromatic N) is 2. The van der Waals surface area contributed by atoms with Gasteiger partial charge in [0, 0.05) is 39.4 Å². The highest BCUT2D eigenvalue weighted by Gasteiger charge is 2.39. The molecule has 1 fully saturated rings. The standard InChI is InChI=1S/C49H55N5O10/c1-5-6-8-15-35-16-11-12-17-36(35)21-25-44(57)51-38(26-33-18-22-37(55)23-19-33)47(60)53(2)40(28-34-20-24-43(63-4)42(56)29-34)48(61)54(3)41(27-32-13-9-7-10-14-32)49(62)64-31-39-46(59)50-30-45(58)52-39/h7-25,29,38-41,55-56H,5-6,26-28,30-31H2,1-4H3,(H,50,59)(H,51,57)(H,52,58)/b15-8-,25-21+/t38-,39-,40+,41+/m1/s1. The first kappa shape index (κ1) is 47.6. The molecular formula is C49H55N5O10. The summed E-state index contributed by atoms with van der Waals surface area (Å²) in [6.45, 7) is 1.38. The lowest BCUT2D eigenvalue weighted by molar-refractivity contribution is -0.158. The Kier molecular flexibility index (Phi) is 17.2. The van der Waals surface area contributed by atoms with Crippen LogP contribution >= 0.6 is 0 Å². The van der Waals surface area contributed by atoms with E-state index in [0.717, 1.165) is 24.0 Å². The summed E-state index contributed by atoms with van der Waals surface area (Å²) in [7, 11) is 4.21. The second-order valence-electron chi connectivity index (χ2n) is 15.4. The van der Waals surface area contributed by atoms with Gasteiger partial charge in [0.05, 0.1) is 13.7 Å². The molecule has 15 nitrogen and oxygen atoms in total. The molecule has 15 heteroatoms. The van der Waals surface area contributed by atoms with E-state index in [4.69, 9.17) is 9.47 Å². The second-order valence-corrected chi connectivity index (χ2v) is 15.4. The Bertz CT molecular complexity index is 2330. The molecular weight excluding hydrogens is 819 g/mol. The predicted octanol–water partition coefficient (Wildman–Crippen LogP) is 3.96. The fourth-order valence-corrected chi connectivity index (χ4v) is 7.10. The third kappa shape index (κ3) is 13.3. The Labute approximate surface area is 372 Å². The smallest absolute Gasteiger partial charge is 0.329 e. The van der Waals surface area contributed by atoms with Gasteiger partial charge in [-0.1, -0.05) is 98.3 Å².